The van der Waals surface area contributed by atoms with E-state index in [9.17, 15) is 0 Å². The third-order valence-corrected chi connectivity index (χ3v) is 57.0. The van der Waals surface area contributed by atoms with Crippen molar-refractivity contribution in [1.82, 2.24) is 4.98 Å². The zero-order chi connectivity index (χ0) is 9.63. The molecule has 11 heterocycles. The third kappa shape index (κ3) is 0.0539. The fourth-order valence-electron chi connectivity index (χ4n) is 16.1. The molecule has 1 N–H and O–H groups in total. The van der Waals surface area contributed by atoms with Crippen molar-refractivity contribution in [1.29, 1.82) is 0 Å². The van der Waals surface area contributed by atoms with Crippen LogP contribution in [0.4, 0.5) is 0 Å². The van der Waals surface area contributed by atoms with Crippen molar-refractivity contribution in [3.63, 3.8) is 0 Å². The van der Waals surface area contributed by atoms with Crippen LogP contribution in [0.15, 0.2) is 24.5 Å². The van der Waals surface area contributed by atoms with Gasteiger partial charge in [0.1, 0.15) is 0 Å². The van der Waals surface area contributed by atoms with Crippen molar-refractivity contribution < 1.29 is 6.51 Å². The zero-order valence-corrected chi connectivity index (χ0v) is 10.0. The first-order chi connectivity index (χ1) is 7.66. The Labute approximate surface area is 84.3 Å². The van der Waals surface area contributed by atoms with Crippen LogP contribution in [0.25, 0.3) is 0 Å². The molecule has 10 aliphatic rings. The van der Waals surface area contributed by atoms with E-state index in [0.717, 1.165) is 0 Å². The second-order valence-corrected chi connectivity index (χ2v) is 34.4. The second kappa shape index (κ2) is 0.443. The zero-order valence-electron chi connectivity index (χ0n) is 8.94. The van der Waals surface area contributed by atoms with Crippen LogP contribution >= 0.6 is 0 Å². The number of rotatable bonds is 0. The molecule has 0 aliphatic carbocycles. The molecule has 16 heavy (non-hydrogen) atoms. The number of hydrogen-bond acceptors (Lipinski definition) is 0. The van der Waals surface area contributed by atoms with Crippen molar-refractivity contribution in [2.24, 2.45) is 0 Å². The van der Waals surface area contributed by atoms with Gasteiger partial charge in [-0.05, 0) is 12.1 Å². The quantitative estimate of drug-likeness (QED) is 0.660. The van der Waals surface area contributed by atoms with Crippen LogP contribution in [0.5, 0.6) is 0 Å². The molecule has 11 rings (SSSR count). The Morgan fingerprint density at radius 1 is 0.562 bits per heavy atom. The average Bonchev–Trinajstić information content (AvgIpc) is 3.27. The van der Waals surface area contributed by atoms with Gasteiger partial charge in [0.15, 0.2) is 0 Å². The van der Waals surface area contributed by atoms with E-state index in [0.29, 0.717) is 0 Å². The predicted molar refractivity (Wildman–Crippen MR) is 58.3 cm³/mol. The normalized spacial score (nSPS) is 120. The Kier molecular flexibility index (Phi) is 0.156. The summed E-state index contributed by atoms with van der Waals surface area (Å²) in [6.07, 6.45) is 3.75. The fraction of sp³-hybridized carbons (Fsp3) is 0.714. The van der Waals surface area contributed by atoms with Gasteiger partial charge in [-0.1, -0.05) is 0 Å². The molecule has 10 aliphatic heterocycles. The summed E-state index contributed by atoms with van der Waals surface area (Å²) in [6.45, 7) is -2.28. The van der Waals surface area contributed by atoms with Crippen LogP contribution < -0.4 is 0 Å². The van der Waals surface area contributed by atoms with Crippen molar-refractivity contribution in [3.05, 3.63) is 24.5 Å². The second-order valence-electron chi connectivity index (χ2n) is 10.5. The van der Waals surface area contributed by atoms with Crippen molar-refractivity contribution in [3.8, 4) is 0 Å². The molecule has 2 heteroatoms. The summed E-state index contributed by atoms with van der Waals surface area (Å²) in [6, 6.07) is 3.89. The summed E-state index contributed by atoms with van der Waals surface area (Å²) >= 11 is 0. The van der Waals surface area contributed by atoms with Crippen LogP contribution in [0.1, 0.15) is 0 Å². The van der Waals surface area contributed by atoms with Gasteiger partial charge in [-0.15, -0.1) is 0 Å². The molecule has 0 unspecified atom stereocenters. The van der Waals surface area contributed by atoms with Gasteiger partial charge in [-0.2, -0.15) is 0 Å². The molecule has 10 saturated heterocycles. The van der Waals surface area contributed by atoms with E-state index in [1.807, 2.05) is 24.5 Å². The van der Waals surface area contributed by atoms with Crippen LogP contribution in [-0.4, -0.2) is 4.98 Å². The van der Waals surface area contributed by atoms with Gasteiger partial charge >= 0.3 is 54.7 Å². The SMILES string of the molecule is [CH]12[CH]3[CH]4[CH]5[CH]1[Fe]23451678[CH]2[CH]1[CH]6[CH]7[CH]28.c1cc[nH]c1. The minimum Gasteiger partial charge on any atom is -0.368 e. The summed E-state index contributed by atoms with van der Waals surface area (Å²) < 4.78 is 0. The molecule has 0 bridgehead atoms. The number of hydrogen-bond donors (Lipinski definition) is 1. The van der Waals surface area contributed by atoms with E-state index in [4.69, 9.17) is 0 Å². The molecule has 0 aromatic carbocycles. The van der Waals surface area contributed by atoms with E-state index < -0.39 is 6.51 Å². The molecule has 1 aromatic heterocycles. The standard InChI is InChI=1S/2C5H5.C4H5N.Fe/c3*1-2-4-5-3-1;/h3*1-5H;. The van der Waals surface area contributed by atoms with E-state index >= 15 is 0 Å². The molecule has 0 saturated carbocycles. The first-order valence-corrected chi connectivity index (χ1v) is 13.3. The van der Waals surface area contributed by atoms with Crippen LogP contribution in [0.3, 0.4) is 0 Å². The Morgan fingerprint density at radius 2 is 0.875 bits per heavy atom. The van der Waals surface area contributed by atoms with Gasteiger partial charge in [0, 0.05) is 12.4 Å². The molecule has 1 aromatic rings. The molecule has 10 fully saturated rings. The largest absolute Gasteiger partial charge is 0.368 e. The van der Waals surface area contributed by atoms with Crippen molar-refractivity contribution in [2.75, 3.05) is 0 Å². The molecular formula is C14H15FeN. The smallest absolute Gasteiger partial charge is 0.000496 e. The molecule has 1 spiro atoms. The topological polar surface area (TPSA) is 15.8 Å². The maximum Gasteiger partial charge on any atom is 0.000496 e. The monoisotopic (exact) mass is 253 g/mol. The van der Waals surface area contributed by atoms with Crippen LogP contribution in [0.2, 0.25) is 48.2 Å². The van der Waals surface area contributed by atoms with Gasteiger partial charge in [0.25, 0.3) is 0 Å². The average molecular weight is 253 g/mol. The number of H-pyrrole nitrogens is 1. The van der Waals surface area contributed by atoms with E-state index in [2.05, 4.69) is 4.98 Å². The molecule has 0 radical (unpaired) electrons. The maximum atomic E-state index is 2.86. The van der Waals surface area contributed by atoms with E-state index in [-0.39, 0.29) is 0 Å². The summed E-state index contributed by atoms with van der Waals surface area (Å²) in [7, 11) is 0. The van der Waals surface area contributed by atoms with E-state index in [1.54, 1.807) is 48.2 Å². The number of nitrogens with one attached hydrogen (secondary N) is 1. The van der Waals surface area contributed by atoms with Gasteiger partial charge in [0.05, 0.1) is 0 Å². The van der Waals surface area contributed by atoms with Crippen LogP contribution in [0, 0.1) is 0 Å². The number of aromatic amines is 1. The van der Waals surface area contributed by atoms with Crippen molar-refractivity contribution in [2.45, 2.75) is 48.2 Å². The summed E-state index contributed by atoms with van der Waals surface area (Å²) in [4.78, 5) is 18.8. The number of fused-ring (bicyclic) bond motifs is 10. The maximum absolute atomic E-state index is 2.86. The van der Waals surface area contributed by atoms with Gasteiger partial charge in [0.2, 0.25) is 0 Å². The number of aromatic nitrogens is 1. The van der Waals surface area contributed by atoms with E-state index in [1.165, 1.54) is 0 Å². The fourth-order valence-corrected chi connectivity index (χ4v) is 88.3. The Balaban J connectivity index is 0.000000101. The third-order valence-electron chi connectivity index (χ3n) is 15.0. The Bertz CT molecular complexity index is 742. The summed E-state index contributed by atoms with van der Waals surface area (Å²) in [5, 5.41) is 0. The van der Waals surface area contributed by atoms with Crippen molar-refractivity contribution >= 4 is 0 Å². The molecule has 0 amide bonds. The predicted octanol–water partition coefficient (Wildman–Crippen LogP) is 4.39. The van der Waals surface area contributed by atoms with Crippen LogP contribution in [-0.2, 0) is 6.51 Å². The first-order valence-electron chi connectivity index (χ1n) is 6.95. The molecule has 84 valence electrons. The Hall–Kier alpha value is -0.201. The molecular weight excluding hydrogens is 238 g/mol. The molecule has 0 atom stereocenters. The first kappa shape index (κ1) is 5.63. The minimum absolute atomic E-state index is 1.59. The summed E-state index contributed by atoms with van der Waals surface area (Å²) in [5.74, 6) is 0. The minimum atomic E-state index is -2.28. The summed E-state index contributed by atoms with van der Waals surface area (Å²) in [5.41, 5.74) is 0. The Morgan fingerprint density at radius 3 is 0.938 bits per heavy atom. The van der Waals surface area contributed by atoms with Gasteiger partial charge in [-0.25, -0.2) is 0 Å². The van der Waals surface area contributed by atoms with Gasteiger partial charge < -0.3 is 4.98 Å². The molecule has 1 nitrogen and oxygen atoms in total. The van der Waals surface area contributed by atoms with Gasteiger partial charge in [-0.3, -0.25) is 0 Å².